The largest absolute Gasteiger partial charge is 0.352 e. The molecule has 3 aliphatic rings. The number of carbonyl (C=O) groups is 2. The number of nitrogens with zero attached hydrogens (tertiary/aromatic N) is 3. The molecule has 0 saturated carbocycles. The maximum atomic E-state index is 13.5. The summed E-state index contributed by atoms with van der Waals surface area (Å²) in [7, 11) is 0. The lowest BCUT2D eigenvalue weighted by atomic mass is 9.75. The molecule has 3 aliphatic heterocycles. The van der Waals surface area contributed by atoms with Crippen molar-refractivity contribution in [2.24, 2.45) is 0 Å². The molecule has 0 unspecified atom stereocenters. The van der Waals surface area contributed by atoms with Gasteiger partial charge in [0, 0.05) is 88.4 Å². The normalized spacial score (nSPS) is 17.7. The Morgan fingerprint density at radius 3 is 2.13 bits per heavy atom. The number of anilines is 1. The molecular formula is C32H27N5O2. The van der Waals surface area contributed by atoms with Gasteiger partial charge in [0.25, 0.3) is 0 Å². The fraction of sp³-hybridized carbons (Fsp3) is 0.219. The molecule has 2 amide bonds. The molecule has 2 N–H and O–H groups in total. The SMILES string of the molecule is CCn1c2ccccc2c2cc(N3C4=C(C(=O)NCC4)C(c4ccc(C#N)cc4)C4=C3CCNC4=O)ccc21. The van der Waals surface area contributed by atoms with Crippen molar-refractivity contribution in [1.29, 1.82) is 5.26 Å². The molecule has 0 bridgehead atoms. The Hall–Kier alpha value is -4.83. The van der Waals surface area contributed by atoms with Crippen LogP contribution in [0.2, 0.25) is 0 Å². The van der Waals surface area contributed by atoms with Crippen molar-refractivity contribution in [2.75, 3.05) is 18.0 Å². The summed E-state index contributed by atoms with van der Waals surface area (Å²) >= 11 is 0. The van der Waals surface area contributed by atoms with Gasteiger partial charge in [0.1, 0.15) is 0 Å². The number of fused-ring (bicyclic) bond motifs is 3. The number of para-hydroxylation sites is 1. The fourth-order valence-corrected chi connectivity index (χ4v) is 6.59. The van der Waals surface area contributed by atoms with Crippen molar-refractivity contribution in [3.63, 3.8) is 0 Å². The van der Waals surface area contributed by atoms with E-state index in [4.69, 9.17) is 0 Å². The van der Waals surface area contributed by atoms with Crippen molar-refractivity contribution < 1.29 is 9.59 Å². The highest BCUT2D eigenvalue weighted by Gasteiger charge is 2.44. The van der Waals surface area contributed by atoms with Crippen LogP contribution in [0.5, 0.6) is 0 Å². The molecule has 7 heteroatoms. The molecule has 7 nitrogen and oxygen atoms in total. The van der Waals surface area contributed by atoms with E-state index in [1.54, 1.807) is 12.1 Å². The zero-order chi connectivity index (χ0) is 26.7. The van der Waals surface area contributed by atoms with E-state index in [-0.39, 0.29) is 11.8 Å². The van der Waals surface area contributed by atoms with Crippen LogP contribution in [0.25, 0.3) is 21.8 Å². The summed E-state index contributed by atoms with van der Waals surface area (Å²) in [6, 6.07) is 24.3. The Labute approximate surface area is 226 Å². The lowest BCUT2D eigenvalue weighted by Crippen LogP contribution is -2.47. The highest BCUT2D eigenvalue weighted by Crippen LogP contribution is 2.48. The van der Waals surface area contributed by atoms with Gasteiger partial charge in [-0.3, -0.25) is 9.59 Å². The number of hydrogen-bond donors (Lipinski definition) is 2. The van der Waals surface area contributed by atoms with Crippen molar-refractivity contribution in [2.45, 2.75) is 32.2 Å². The number of aromatic nitrogens is 1. The highest BCUT2D eigenvalue weighted by atomic mass is 16.2. The van der Waals surface area contributed by atoms with E-state index in [1.807, 2.05) is 12.1 Å². The van der Waals surface area contributed by atoms with E-state index < -0.39 is 5.92 Å². The van der Waals surface area contributed by atoms with Crippen LogP contribution in [0, 0.1) is 11.3 Å². The summed E-state index contributed by atoms with van der Waals surface area (Å²) in [6.45, 7) is 4.11. The molecule has 39 heavy (non-hydrogen) atoms. The minimum atomic E-state index is -0.495. The first-order chi connectivity index (χ1) is 19.1. The predicted octanol–water partition coefficient (Wildman–Crippen LogP) is 4.84. The van der Waals surface area contributed by atoms with Gasteiger partial charge in [0.15, 0.2) is 0 Å². The number of hydrogen-bond acceptors (Lipinski definition) is 4. The number of rotatable bonds is 3. The van der Waals surface area contributed by atoms with E-state index in [0.29, 0.717) is 42.6 Å². The van der Waals surface area contributed by atoms with E-state index in [9.17, 15) is 14.9 Å². The second-order valence-electron chi connectivity index (χ2n) is 10.2. The summed E-state index contributed by atoms with van der Waals surface area (Å²) in [6.07, 6.45) is 1.34. The lowest BCUT2D eigenvalue weighted by molar-refractivity contribution is -0.118. The van der Waals surface area contributed by atoms with Gasteiger partial charge in [0.2, 0.25) is 11.8 Å². The Morgan fingerprint density at radius 1 is 0.846 bits per heavy atom. The predicted molar refractivity (Wildman–Crippen MR) is 151 cm³/mol. The van der Waals surface area contributed by atoms with E-state index in [0.717, 1.165) is 34.6 Å². The average Bonchev–Trinajstić information content (AvgIpc) is 3.29. The van der Waals surface area contributed by atoms with Crippen LogP contribution in [0.15, 0.2) is 89.3 Å². The maximum absolute atomic E-state index is 13.5. The second-order valence-corrected chi connectivity index (χ2v) is 10.2. The maximum Gasteiger partial charge on any atom is 0.249 e. The monoisotopic (exact) mass is 513 g/mol. The van der Waals surface area contributed by atoms with Crippen LogP contribution < -0.4 is 15.5 Å². The summed E-state index contributed by atoms with van der Waals surface area (Å²) < 4.78 is 2.32. The molecule has 0 fully saturated rings. The third-order valence-electron chi connectivity index (χ3n) is 8.23. The van der Waals surface area contributed by atoms with Crippen LogP contribution in [0.3, 0.4) is 0 Å². The van der Waals surface area contributed by atoms with Crippen LogP contribution in [-0.2, 0) is 16.1 Å². The quantitative estimate of drug-likeness (QED) is 0.410. The third kappa shape index (κ3) is 3.41. The number of nitrogens with one attached hydrogen (secondary N) is 2. The van der Waals surface area contributed by atoms with Gasteiger partial charge in [0.05, 0.1) is 11.6 Å². The summed E-state index contributed by atoms with van der Waals surface area (Å²) in [5.74, 6) is -0.793. The van der Waals surface area contributed by atoms with Crippen molar-refractivity contribution >= 4 is 39.3 Å². The van der Waals surface area contributed by atoms with Crippen molar-refractivity contribution in [3.8, 4) is 6.07 Å². The molecule has 7 rings (SSSR count). The number of aryl methyl sites for hydroxylation is 1. The highest BCUT2D eigenvalue weighted by molar-refractivity contribution is 6.10. The zero-order valence-corrected chi connectivity index (χ0v) is 21.6. The number of amides is 2. The third-order valence-corrected chi connectivity index (χ3v) is 8.23. The Balaban J connectivity index is 1.48. The molecule has 0 saturated heterocycles. The summed E-state index contributed by atoms with van der Waals surface area (Å²) in [5, 5.41) is 17.7. The number of carbonyl (C=O) groups excluding carboxylic acids is 2. The van der Waals surface area contributed by atoms with E-state index >= 15 is 0 Å². The van der Waals surface area contributed by atoms with Gasteiger partial charge in [-0.25, -0.2) is 0 Å². The molecule has 0 aliphatic carbocycles. The fourth-order valence-electron chi connectivity index (χ4n) is 6.59. The zero-order valence-electron chi connectivity index (χ0n) is 21.6. The summed E-state index contributed by atoms with van der Waals surface area (Å²) in [5.41, 5.74) is 7.81. The lowest BCUT2D eigenvalue weighted by Gasteiger charge is -2.44. The van der Waals surface area contributed by atoms with Crippen molar-refractivity contribution in [3.05, 3.63) is 100 Å². The first-order valence-corrected chi connectivity index (χ1v) is 13.4. The summed E-state index contributed by atoms with van der Waals surface area (Å²) in [4.78, 5) is 29.2. The minimum Gasteiger partial charge on any atom is -0.352 e. The van der Waals surface area contributed by atoms with Gasteiger partial charge in [-0.15, -0.1) is 0 Å². The minimum absolute atomic E-state index is 0.149. The standard InChI is InChI=1S/C32H27N5O2/c1-2-36-24-6-4-3-5-22(24)23-17-21(11-12-25(23)36)37-26-13-15-34-31(38)29(26)28(20-9-7-19(18-33)8-10-20)30-27(37)14-16-35-32(30)39/h3-12,17,28H,2,13-16H2,1H3,(H,34,38)(H,35,39). The number of nitriles is 1. The van der Waals surface area contributed by atoms with Crippen LogP contribution >= 0.6 is 0 Å². The smallest absolute Gasteiger partial charge is 0.249 e. The molecule has 1 aromatic heterocycles. The van der Waals surface area contributed by atoms with Crippen molar-refractivity contribution in [1.82, 2.24) is 15.2 Å². The van der Waals surface area contributed by atoms with Gasteiger partial charge in [-0.1, -0.05) is 30.3 Å². The number of benzene rings is 3. The molecule has 3 aromatic carbocycles. The van der Waals surface area contributed by atoms with Gasteiger partial charge in [-0.2, -0.15) is 5.26 Å². The van der Waals surface area contributed by atoms with Gasteiger partial charge >= 0.3 is 0 Å². The molecular weight excluding hydrogens is 486 g/mol. The average molecular weight is 514 g/mol. The first kappa shape index (κ1) is 23.3. The Morgan fingerprint density at radius 2 is 1.49 bits per heavy atom. The topological polar surface area (TPSA) is 90.2 Å². The molecule has 4 heterocycles. The molecule has 192 valence electrons. The van der Waals surface area contributed by atoms with Crippen LogP contribution in [-0.4, -0.2) is 29.5 Å². The van der Waals surface area contributed by atoms with Crippen LogP contribution in [0.4, 0.5) is 5.69 Å². The Bertz CT molecular complexity index is 1760. The van der Waals surface area contributed by atoms with E-state index in [1.165, 1.54) is 16.4 Å². The van der Waals surface area contributed by atoms with Gasteiger partial charge in [-0.05, 0) is 48.9 Å². The molecule has 0 radical (unpaired) electrons. The molecule has 4 aromatic rings. The molecule has 0 spiro atoms. The molecule has 0 atom stereocenters. The van der Waals surface area contributed by atoms with Gasteiger partial charge < -0.3 is 20.1 Å². The van der Waals surface area contributed by atoms with E-state index in [2.05, 4.69) is 75.6 Å². The van der Waals surface area contributed by atoms with Crippen LogP contribution in [0.1, 0.15) is 36.8 Å². The second kappa shape index (κ2) is 8.88. The Kier molecular flexibility index (Phi) is 5.31. The first-order valence-electron chi connectivity index (χ1n) is 13.4.